The Balaban J connectivity index is 1.64. The van der Waals surface area contributed by atoms with Crippen LogP contribution >= 0.6 is 0 Å². The van der Waals surface area contributed by atoms with Gasteiger partial charge in [-0.2, -0.15) is 0 Å². The molecule has 0 aromatic heterocycles. The van der Waals surface area contributed by atoms with Gasteiger partial charge in [0.05, 0.1) is 12.1 Å². The van der Waals surface area contributed by atoms with Crippen molar-refractivity contribution in [1.82, 2.24) is 0 Å². The van der Waals surface area contributed by atoms with Crippen molar-refractivity contribution in [2.45, 2.75) is 18.4 Å². The van der Waals surface area contributed by atoms with Gasteiger partial charge in [-0.25, -0.2) is 0 Å². The van der Waals surface area contributed by atoms with E-state index in [4.69, 9.17) is 0 Å². The molecule has 4 aromatic carbocycles. The van der Waals surface area contributed by atoms with Gasteiger partial charge in [0.25, 0.3) is 0 Å². The number of nitrogens with zero attached hydrogens (tertiary/aromatic N) is 1. The number of anilines is 1. The largest absolute Gasteiger partial charge is 0.394 e. The van der Waals surface area contributed by atoms with Crippen molar-refractivity contribution < 1.29 is 5.11 Å². The SMILES string of the molecule is OC[C@]1(c2ccc3ccccc3c2)CCCN1c1ccc2ccccc2c1. The summed E-state index contributed by atoms with van der Waals surface area (Å²) in [6, 6.07) is 30.2. The number of benzene rings is 4. The van der Waals surface area contributed by atoms with Crippen LogP contribution in [-0.2, 0) is 5.54 Å². The van der Waals surface area contributed by atoms with Gasteiger partial charge in [-0.3, -0.25) is 0 Å². The summed E-state index contributed by atoms with van der Waals surface area (Å²) >= 11 is 0. The first-order valence-corrected chi connectivity index (χ1v) is 9.67. The van der Waals surface area contributed by atoms with Crippen LogP contribution in [0.5, 0.6) is 0 Å². The number of aliphatic hydroxyl groups is 1. The lowest BCUT2D eigenvalue weighted by atomic mass is 9.86. The van der Waals surface area contributed by atoms with Gasteiger partial charge < -0.3 is 10.0 Å². The third kappa shape index (κ3) is 2.60. The number of aliphatic hydroxyl groups excluding tert-OH is 1. The molecule has 0 amide bonds. The average Bonchev–Trinajstić information content (AvgIpc) is 3.18. The van der Waals surface area contributed by atoms with Crippen molar-refractivity contribution >= 4 is 27.2 Å². The molecule has 5 rings (SSSR count). The predicted molar refractivity (Wildman–Crippen MR) is 113 cm³/mol. The van der Waals surface area contributed by atoms with E-state index in [1.807, 2.05) is 0 Å². The molecule has 1 saturated heterocycles. The van der Waals surface area contributed by atoms with Crippen molar-refractivity contribution in [2.24, 2.45) is 0 Å². The number of hydrogen-bond donors (Lipinski definition) is 1. The van der Waals surface area contributed by atoms with E-state index in [0.717, 1.165) is 19.4 Å². The van der Waals surface area contributed by atoms with Crippen LogP contribution in [0.25, 0.3) is 21.5 Å². The van der Waals surface area contributed by atoms with E-state index in [9.17, 15) is 5.11 Å². The molecular weight excluding hydrogens is 330 g/mol. The minimum Gasteiger partial charge on any atom is -0.394 e. The molecule has 2 nitrogen and oxygen atoms in total. The lowest BCUT2D eigenvalue weighted by Crippen LogP contribution is -2.44. The third-order valence-electron chi connectivity index (χ3n) is 6.08. The Morgan fingerprint density at radius 1 is 0.741 bits per heavy atom. The first-order valence-electron chi connectivity index (χ1n) is 9.67. The zero-order valence-electron chi connectivity index (χ0n) is 15.3. The molecule has 1 heterocycles. The van der Waals surface area contributed by atoms with Crippen molar-refractivity contribution in [2.75, 3.05) is 18.1 Å². The highest BCUT2D eigenvalue weighted by molar-refractivity contribution is 5.86. The molecule has 0 unspecified atom stereocenters. The second-order valence-corrected chi connectivity index (χ2v) is 7.54. The van der Waals surface area contributed by atoms with E-state index in [2.05, 4.69) is 89.8 Å². The van der Waals surface area contributed by atoms with Gasteiger partial charge in [-0.15, -0.1) is 0 Å². The van der Waals surface area contributed by atoms with Crippen LogP contribution in [0.2, 0.25) is 0 Å². The van der Waals surface area contributed by atoms with Gasteiger partial charge in [0.1, 0.15) is 0 Å². The fourth-order valence-electron chi connectivity index (χ4n) is 4.63. The van der Waals surface area contributed by atoms with Gasteiger partial charge in [0.2, 0.25) is 0 Å². The smallest absolute Gasteiger partial charge is 0.0884 e. The number of fused-ring (bicyclic) bond motifs is 2. The van der Waals surface area contributed by atoms with Crippen LogP contribution in [0.3, 0.4) is 0 Å². The van der Waals surface area contributed by atoms with Crippen molar-refractivity contribution in [3.8, 4) is 0 Å². The van der Waals surface area contributed by atoms with Crippen molar-refractivity contribution in [3.05, 3.63) is 90.5 Å². The summed E-state index contributed by atoms with van der Waals surface area (Å²) in [4.78, 5) is 2.41. The second kappa shape index (κ2) is 6.40. The molecule has 1 aliphatic rings. The summed E-state index contributed by atoms with van der Waals surface area (Å²) < 4.78 is 0. The monoisotopic (exact) mass is 353 g/mol. The summed E-state index contributed by atoms with van der Waals surface area (Å²) in [5.41, 5.74) is 2.04. The van der Waals surface area contributed by atoms with Crippen LogP contribution in [0.4, 0.5) is 5.69 Å². The maximum absolute atomic E-state index is 10.5. The molecule has 0 bridgehead atoms. The van der Waals surface area contributed by atoms with Gasteiger partial charge in [0.15, 0.2) is 0 Å². The van der Waals surface area contributed by atoms with Gasteiger partial charge in [-0.05, 0) is 58.1 Å². The van der Waals surface area contributed by atoms with Gasteiger partial charge in [-0.1, -0.05) is 66.7 Å². The van der Waals surface area contributed by atoms with Crippen molar-refractivity contribution in [1.29, 1.82) is 0 Å². The van der Waals surface area contributed by atoms with E-state index in [0.29, 0.717) is 0 Å². The molecular formula is C25H23NO. The second-order valence-electron chi connectivity index (χ2n) is 7.54. The van der Waals surface area contributed by atoms with E-state index in [1.54, 1.807) is 0 Å². The van der Waals surface area contributed by atoms with E-state index in [-0.39, 0.29) is 12.1 Å². The number of rotatable bonds is 3. The molecule has 0 radical (unpaired) electrons. The Morgan fingerprint density at radius 3 is 2.07 bits per heavy atom. The van der Waals surface area contributed by atoms with Crippen LogP contribution in [0.15, 0.2) is 84.9 Å². The molecule has 1 atom stereocenters. The highest BCUT2D eigenvalue weighted by Crippen LogP contribution is 2.43. The molecule has 0 spiro atoms. The zero-order chi connectivity index (χ0) is 18.3. The maximum Gasteiger partial charge on any atom is 0.0884 e. The lowest BCUT2D eigenvalue weighted by Gasteiger charge is -2.39. The van der Waals surface area contributed by atoms with Crippen LogP contribution < -0.4 is 4.90 Å². The number of hydrogen-bond acceptors (Lipinski definition) is 2. The first kappa shape index (κ1) is 16.3. The summed E-state index contributed by atoms with van der Waals surface area (Å²) in [6.45, 7) is 1.09. The molecule has 134 valence electrons. The van der Waals surface area contributed by atoms with Crippen molar-refractivity contribution in [3.63, 3.8) is 0 Å². The minimum absolute atomic E-state index is 0.123. The Labute approximate surface area is 159 Å². The Hall–Kier alpha value is -2.84. The average molecular weight is 353 g/mol. The summed E-state index contributed by atoms with van der Waals surface area (Å²) in [7, 11) is 0. The van der Waals surface area contributed by atoms with Crippen LogP contribution in [-0.4, -0.2) is 18.3 Å². The quantitative estimate of drug-likeness (QED) is 0.527. The normalized spacial score (nSPS) is 19.8. The molecule has 27 heavy (non-hydrogen) atoms. The van der Waals surface area contributed by atoms with E-state index in [1.165, 1.54) is 32.8 Å². The minimum atomic E-state index is -0.355. The molecule has 1 N–H and O–H groups in total. The molecule has 2 heteroatoms. The highest BCUT2D eigenvalue weighted by Gasteiger charge is 2.42. The predicted octanol–water partition coefficient (Wildman–Crippen LogP) is 5.48. The summed E-state index contributed by atoms with van der Waals surface area (Å²) in [6.07, 6.45) is 2.05. The topological polar surface area (TPSA) is 23.5 Å². The Kier molecular flexibility index (Phi) is 3.87. The van der Waals surface area contributed by atoms with Crippen LogP contribution in [0.1, 0.15) is 18.4 Å². The maximum atomic E-state index is 10.5. The molecule has 0 aliphatic carbocycles. The highest BCUT2D eigenvalue weighted by atomic mass is 16.3. The Morgan fingerprint density at radius 2 is 1.37 bits per heavy atom. The van der Waals surface area contributed by atoms with Gasteiger partial charge >= 0.3 is 0 Å². The molecule has 0 saturated carbocycles. The zero-order valence-corrected chi connectivity index (χ0v) is 15.3. The molecule has 1 aliphatic heterocycles. The fourth-order valence-corrected chi connectivity index (χ4v) is 4.63. The summed E-state index contributed by atoms with van der Waals surface area (Å²) in [5.74, 6) is 0. The van der Waals surface area contributed by atoms with E-state index < -0.39 is 0 Å². The van der Waals surface area contributed by atoms with Gasteiger partial charge in [0, 0.05) is 12.2 Å². The molecule has 1 fully saturated rings. The first-order chi connectivity index (χ1) is 13.3. The molecule has 4 aromatic rings. The summed E-state index contributed by atoms with van der Waals surface area (Å²) in [5, 5.41) is 15.5. The third-order valence-corrected chi connectivity index (χ3v) is 6.08. The lowest BCUT2D eigenvalue weighted by molar-refractivity contribution is 0.198. The van der Waals surface area contributed by atoms with E-state index >= 15 is 0 Å². The fraction of sp³-hybridized carbons (Fsp3) is 0.200. The van der Waals surface area contributed by atoms with Crippen LogP contribution in [0, 0.1) is 0 Å². The standard InChI is InChI=1S/C25H23NO/c27-18-25(23-12-10-19-6-1-3-8-21(19)16-23)14-5-15-26(25)24-13-11-20-7-2-4-9-22(20)17-24/h1-4,6-13,16-17,27H,5,14-15,18H2/t25-/m0/s1. The Bertz CT molecular complexity index is 1120.